The maximum absolute atomic E-state index is 13.0. The van der Waals surface area contributed by atoms with Gasteiger partial charge in [-0.15, -0.1) is 0 Å². The molecule has 2 aliphatic rings. The Hall–Kier alpha value is -1.79. The summed E-state index contributed by atoms with van der Waals surface area (Å²) >= 11 is 0. The van der Waals surface area contributed by atoms with E-state index in [0.717, 1.165) is 44.9 Å². The standard InChI is InChI=1S/C45H81NO13/c1-3-5-7-9-11-13-14-15-16-17-18-19-21-22-24-26-28-34(49)33(46-37(50)29-27-25-23-20-12-10-8-6-4-2)32-56-44-42(55)40(53)43(36(31-48)58-44)59-45-41(54)39(52)38(51)35(30-47)57-45/h15-16,19,21,26,28,33-36,38-45,47-49,51-55H,3-14,17-18,20,22-25,27,29-32H2,1-2H3,(H,46,50)/b16-15+,21-19+,28-26+. The minimum absolute atomic E-state index is 0.260. The first-order valence-corrected chi connectivity index (χ1v) is 22.7. The van der Waals surface area contributed by atoms with Gasteiger partial charge in [0, 0.05) is 6.42 Å². The van der Waals surface area contributed by atoms with Crippen LogP contribution in [0.5, 0.6) is 0 Å². The van der Waals surface area contributed by atoms with E-state index in [1.54, 1.807) is 6.08 Å². The van der Waals surface area contributed by atoms with Gasteiger partial charge in [-0.3, -0.25) is 4.79 Å². The molecule has 59 heavy (non-hydrogen) atoms. The van der Waals surface area contributed by atoms with Crippen LogP contribution in [0, 0.1) is 0 Å². The number of aliphatic hydroxyl groups excluding tert-OH is 8. The molecule has 9 N–H and O–H groups in total. The van der Waals surface area contributed by atoms with E-state index in [-0.39, 0.29) is 18.9 Å². The van der Waals surface area contributed by atoms with E-state index in [2.05, 4.69) is 43.5 Å². The topological polar surface area (TPSA) is 228 Å². The Morgan fingerprint density at radius 3 is 1.66 bits per heavy atom. The second-order valence-electron chi connectivity index (χ2n) is 16.2. The number of amides is 1. The first-order chi connectivity index (χ1) is 28.6. The molecule has 0 bridgehead atoms. The number of allylic oxidation sites excluding steroid dienone is 5. The number of hydrogen-bond donors (Lipinski definition) is 9. The predicted molar refractivity (Wildman–Crippen MR) is 226 cm³/mol. The summed E-state index contributed by atoms with van der Waals surface area (Å²) in [5.74, 6) is -0.260. The van der Waals surface area contributed by atoms with Crippen LogP contribution in [-0.2, 0) is 23.7 Å². The number of hydrogen-bond acceptors (Lipinski definition) is 13. The second-order valence-corrected chi connectivity index (χ2v) is 16.2. The van der Waals surface area contributed by atoms with Crippen molar-refractivity contribution in [3.05, 3.63) is 36.5 Å². The SMILES string of the molecule is CCCCCCCC/C=C/CC/C=C/CC/C=C/C(O)C(COC1OC(CO)C(OC2OC(CO)C(O)C(O)C2O)C(O)C1O)NC(=O)CCCCCCCCCCC. The molecule has 12 unspecified atom stereocenters. The fourth-order valence-corrected chi connectivity index (χ4v) is 7.26. The van der Waals surface area contributed by atoms with E-state index in [9.17, 15) is 45.6 Å². The Balaban J connectivity index is 1.93. The number of aliphatic hydroxyl groups is 8. The third-order valence-electron chi connectivity index (χ3n) is 11.1. The molecule has 14 heteroatoms. The van der Waals surface area contributed by atoms with Gasteiger partial charge in [-0.1, -0.05) is 134 Å². The van der Waals surface area contributed by atoms with Gasteiger partial charge in [0.15, 0.2) is 12.6 Å². The van der Waals surface area contributed by atoms with Gasteiger partial charge in [-0.2, -0.15) is 0 Å². The van der Waals surface area contributed by atoms with Crippen LogP contribution in [-0.4, -0.2) is 140 Å². The lowest BCUT2D eigenvalue weighted by atomic mass is 9.97. The molecule has 344 valence electrons. The molecule has 2 rings (SSSR count). The largest absolute Gasteiger partial charge is 0.394 e. The summed E-state index contributed by atoms with van der Waals surface area (Å²) in [6.45, 7) is 2.69. The molecule has 0 saturated carbocycles. The number of ether oxygens (including phenoxy) is 4. The highest BCUT2D eigenvalue weighted by Gasteiger charge is 2.50. The number of nitrogens with one attached hydrogen (secondary N) is 1. The zero-order chi connectivity index (χ0) is 43.3. The summed E-state index contributed by atoms with van der Waals surface area (Å²) in [5, 5.41) is 86.3. The van der Waals surface area contributed by atoms with E-state index in [0.29, 0.717) is 12.8 Å². The fourth-order valence-electron chi connectivity index (χ4n) is 7.26. The van der Waals surface area contributed by atoms with Gasteiger partial charge >= 0.3 is 0 Å². The number of carbonyl (C=O) groups is 1. The average Bonchev–Trinajstić information content (AvgIpc) is 3.23. The van der Waals surface area contributed by atoms with E-state index in [4.69, 9.17) is 18.9 Å². The first-order valence-electron chi connectivity index (χ1n) is 22.7. The van der Waals surface area contributed by atoms with Crippen LogP contribution in [0.3, 0.4) is 0 Å². The molecule has 2 heterocycles. The molecule has 0 aromatic carbocycles. The molecule has 0 radical (unpaired) electrons. The number of rotatable bonds is 33. The fraction of sp³-hybridized carbons (Fsp3) is 0.844. The van der Waals surface area contributed by atoms with Crippen molar-refractivity contribution in [2.24, 2.45) is 0 Å². The van der Waals surface area contributed by atoms with Crippen LogP contribution in [0.2, 0.25) is 0 Å². The van der Waals surface area contributed by atoms with Crippen molar-refractivity contribution in [1.29, 1.82) is 0 Å². The molecule has 12 atom stereocenters. The Kier molecular flexibility index (Phi) is 29.7. The van der Waals surface area contributed by atoms with Crippen molar-refractivity contribution in [3.63, 3.8) is 0 Å². The second kappa shape index (κ2) is 32.9. The molecule has 14 nitrogen and oxygen atoms in total. The Labute approximate surface area is 353 Å². The van der Waals surface area contributed by atoms with Crippen LogP contribution in [0.1, 0.15) is 149 Å². The predicted octanol–water partition coefficient (Wildman–Crippen LogP) is 4.37. The molecule has 0 aliphatic carbocycles. The van der Waals surface area contributed by atoms with E-state index < -0.39 is 86.8 Å². The van der Waals surface area contributed by atoms with Gasteiger partial charge in [0.05, 0.1) is 32.0 Å². The molecule has 2 saturated heterocycles. The summed E-state index contributed by atoms with van der Waals surface area (Å²) in [6.07, 6.45) is 17.8. The molecular formula is C45H81NO13. The van der Waals surface area contributed by atoms with Crippen LogP contribution < -0.4 is 5.32 Å². The van der Waals surface area contributed by atoms with Crippen molar-refractivity contribution in [3.8, 4) is 0 Å². The normalized spacial score (nSPS) is 28.8. The number of carbonyl (C=O) groups excluding carboxylic acids is 1. The zero-order valence-electron chi connectivity index (χ0n) is 36.0. The molecular weight excluding hydrogens is 762 g/mol. The molecule has 2 fully saturated rings. The Morgan fingerprint density at radius 2 is 1.08 bits per heavy atom. The van der Waals surface area contributed by atoms with Gasteiger partial charge in [-0.25, -0.2) is 0 Å². The monoisotopic (exact) mass is 844 g/mol. The van der Waals surface area contributed by atoms with E-state index in [1.807, 2.05) is 6.08 Å². The van der Waals surface area contributed by atoms with Crippen molar-refractivity contribution in [1.82, 2.24) is 5.32 Å². The molecule has 0 aromatic rings. The highest BCUT2D eigenvalue weighted by Crippen LogP contribution is 2.30. The van der Waals surface area contributed by atoms with Crippen LogP contribution in [0.15, 0.2) is 36.5 Å². The number of unbranched alkanes of at least 4 members (excludes halogenated alkanes) is 16. The van der Waals surface area contributed by atoms with Crippen molar-refractivity contribution in [2.45, 2.75) is 222 Å². The Morgan fingerprint density at radius 1 is 0.593 bits per heavy atom. The quantitative estimate of drug-likeness (QED) is 0.0331. The third kappa shape index (κ3) is 21.2. The van der Waals surface area contributed by atoms with Gasteiger partial charge in [0.25, 0.3) is 0 Å². The summed E-state index contributed by atoms with van der Waals surface area (Å²) < 4.78 is 22.6. The summed E-state index contributed by atoms with van der Waals surface area (Å²) in [6, 6.07) is -0.931. The van der Waals surface area contributed by atoms with Crippen LogP contribution >= 0.6 is 0 Å². The highest BCUT2D eigenvalue weighted by molar-refractivity contribution is 5.76. The van der Waals surface area contributed by atoms with Gasteiger partial charge in [0.1, 0.15) is 48.8 Å². The van der Waals surface area contributed by atoms with Gasteiger partial charge in [-0.05, 0) is 44.9 Å². The average molecular weight is 844 g/mol. The summed E-state index contributed by atoms with van der Waals surface area (Å²) in [5.41, 5.74) is 0. The molecule has 0 spiro atoms. The highest BCUT2D eigenvalue weighted by atomic mass is 16.7. The first kappa shape index (κ1) is 53.3. The molecule has 1 amide bonds. The molecule has 0 aromatic heterocycles. The van der Waals surface area contributed by atoms with E-state index >= 15 is 0 Å². The van der Waals surface area contributed by atoms with Gasteiger partial charge in [0.2, 0.25) is 5.91 Å². The van der Waals surface area contributed by atoms with Crippen molar-refractivity contribution in [2.75, 3.05) is 19.8 Å². The van der Waals surface area contributed by atoms with Gasteiger partial charge < -0.3 is 65.1 Å². The minimum Gasteiger partial charge on any atom is -0.394 e. The smallest absolute Gasteiger partial charge is 0.220 e. The minimum atomic E-state index is -1.79. The zero-order valence-corrected chi connectivity index (χ0v) is 36.0. The Bertz CT molecular complexity index is 1140. The third-order valence-corrected chi connectivity index (χ3v) is 11.1. The summed E-state index contributed by atoms with van der Waals surface area (Å²) in [4.78, 5) is 13.0. The maximum Gasteiger partial charge on any atom is 0.220 e. The van der Waals surface area contributed by atoms with Crippen molar-refractivity contribution < 1.29 is 64.6 Å². The lowest BCUT2D eigenvalue weighted by Gasteiger charge is -2.46. The molecule has 2 aliphatic heterocycles. The van der Waals surface area contributed by atoms with Crippen molar-refractivity contribution >= 4 is 5.91 Å². The van der Waals surface area contributed by atoms with Crippen LogP contribution in [0.25, 0.3) is 0 Å². The lowest BCUT2D eigenvalue weighted by molar-refractivity contribution is -0.359. The van der Waals surface area contributed by atoms with E-state index in [1.165, 1.54) is 70.6 Å². The van der Waals surface area contributed by atoms with Crippen LogP contribution in [0.4, 0.5) is 0 Å². The summed E-state index contributed by atoms with van der Waals surface area (Å²) in [7, 11) is 0. The maximum atomic E-state index is 13.0. The lowest BCUT2D eigenvalue weighted by Crippen LogP contribution is -2.65.